The maximum absolute atomic E-state index is 15.2. The van der Waals surface area contributed by atoms with Gasteiger partial charge in [0.25, 0.3) is 0 Å². The van der Waals surface area contributed by atoms with E-state index in [0.717, 1.165) is 72.7 Å². The van der Waals surface area contributed by atoms with E-state index in [1.807, 2.05) is 54.6 Å². The van der Waals surface area contributed by atoms with Gasteiger partial charge < -0.3 is 29.1 Å². The summed E-state index contributed by atoms with van der Waals surface area (Å²) in [6, 6.07) is 22.9. The fourth-order valence-electron chi connectivity index (χ4n) is 8.01. The summed E-state index contributed by atoms with van der Waals surface area (Å²) >= 11 is 0. The zero-order valence-electron chi connectivity index (χ0n) is 29.7. The number of halogens is 1. The Hall–Kier alpha value is -4.99. The lowest BCUT2D eigenvalue weighted by atomic mass is 10.0. The third kappa shape index (κ3) is 6.95. The molecule has 270 valence electrons. The fraction of sp³-hybridized carbons (Fsp3) is 0.450. The Morgan fingerprint density at radius 2 is 1.73 bits per heavy atom. The number of nitriles is 1. The number of nitrogens with zero attached hydrogens (tertiary/aromatic N) is 8. The molecule has 1 aliphatic carbocycles. The van der Waals surface area contributed by atoms with Crippen LogP contribution in [0.4, 0.5) is 20.7 Å². The first kappa shape index (κ1) is 34.1. The number of hydrogen-bond acceptors (Lipinski definition) is 10. The molecule has 1 atom stereocenters. The summed E-state index contributed by atoms with van der Waals surface area (Å²) in [5, 5.41) is 11.3. The van der Waals surface area contributed by atoms with Crippen LogP contribution >= 0.6 is 0 Å². The van der Waals surface area contributed by atoms with E-state index < -0.39 is 6.09 Å². The van der Waals surface area contributed by atoms with Gasteiger partial charge in [0.15, 0.2) is 0 Å². The number of amides is 1. The first-order valence-electron chi connectivity index (χ1n) is 18.4. The summed E-state index contributed by atoms with van der Waals surface area (Å²) in [6.07, 6.45) is 2.58. The first-order valence-corrected chi connectivity index (χ1v) is 18.4. The van der Waals surface area contributed by atoms with Crippen LogP contribution in [0.2, 0.25) is 0 Å². The van der Waals surface area contributed by atoms with Gasteiger partial charge in [0, 0.05) is 69.0 Å². The SMILES string of the molecule is CN1CCN(C2(COc3nc4c(c(N5CCN(C(=O)OCc6ccccc6)[C@@H](CC#N)C5)n3)CCN(c3cccc5cccc(F)c35)C4)CC2)CC1. The molecule has 4 aliphatic rings. The van der Waals surface area contributed by atoms with Crippen molar-refractivity contribution in [1.82, 2.24) is 24.7 Å². The van der Waals surface area contributed by atoms with Gasteiger partial charge in [-0.25, -0.2) is 9.18 Å². The van der Waals surface area contributed by atoms with Gasteiger partial charge in [0.05, 0.1) is 36.3 Å². The number of hydrogen-bond donors (Lipinski definition) is 0. The zero-order valence-corrected chi connectivity index (χ0v) is 29.7. The van der Waals surface area contributed by atoms with E-state index in [-0.39, 0.29) is 30.4 Å². The zero-order chi connectivity index (χ0) is 35.7. The summed E-state index contributed by atoms with van der Waals surface area (Å²) in [5.41, 5.74) is 3.64. The van der Waals surface area contributed by atoms with E-state index in [1.165, 1.54) is 6.07 Å². The van der Waals surface area contributed by atoms with Gasteiger partial charge >= 0.3 is 12.1 Å². The lowest BCUT2D eigenvalue weighted by Gasteiger charge is -2.42. The summed E-state index contributed by atoms with van der Waals surface area (Å²) in [6.45, 7) is 7.30. The first-order chi connectivity index (χ1) is 25.4. The van der Waals surface area contributed by atoms with E-state index in [2.05, 4.69) is 32.7 Å². The van der Waals surface area contributed by atoms with Crippen molar-refractivity contribution in [2.45, 2.75) is 50.4 Å². The number of carbonyl (C=O) groups excluding carboxylic acids is 1. The van der Waals surface area contributed by atoms with Gasteiger partial charge in [-0.15, -0.1) is 0 Å². The maximum Gasteiger partial charge on any atom is 0.410 e. The Kier molecular flexibility index (Phi) is 9.55. The summed E-state index contributed by atoms with van der Waals surface area (Å²) in [5.74, 6) is 0.544. The molecule has 1 amide bonds. The number of rotatable bonds is 9. The lowest BCUT2D eigenvalue weighted by molar-refractivity contribution is 0.0649. The number of piperazine rings is 2. The molecule has 0 radical (unpaired) electrons. The van der Waals surface area contributed by atoms with Crippen molar-refractivity contribution in [1.29, 1.82) is 5.26 Å². The average Bonchev–Trinajstić information content (AvgIpc) is 3.97. The van der Waals surface area contributed by atoms with E-state index in [0.29, 0.717) is 57.1 Å². The average molecular weight is 705 g/mol. The minimum Gasteiger partial charge on any atom is -0.461 e. The highest BCUT2D eigenvalue weighted by Gasteiger charge is 2.49. The molecule has 0 N–H and O–H groups in total. The molecule has 3 aromatic carbocycles. The van der Waals surface area contributed by atoms with Gasteiger partial charge in [-0.2, -0.15) is 15.2 Å². The van der Waals surface area contributed by atoms with Gasteiger partial charge in [-0.05, 0) is 49.4 Å². The van der Waals surface area contributed by atoms with Crippen molar-refractivity contribution < 1.29 is 18.7 Å². The monoisotopic (exact) mass is 704 g/mol. The second-order valence-electron chi connectivity index (χ2n) is 14.5. The molecule has 1 aromatic heterocycles. The van der Waals surface area contributed by atoms with Crippen LogP contribution < -0.4 is 14.5 Å². The molecule has 3 aliphatic heterocycles. The van der Waals surface area contributed by atoms with Crippen molar-refractivity contribution in [2.75, 3.05) is 75.8 Å². The minimum atomic E-state index is -0.422. The number of ether oxygens (including phenoxy) is 2. The highest BCUT2D eigenvalue weighted by Crippen LogP contribution is 2.43. The summed E-state index contributed by atoms with van der Waals surface area (Å²) < 4.78 is 27.5. The van der Waals surface area contributed by atoms with Gasteiger partial charge in [0.1, 0.15) is 24.8 Å². The molecule has 8 rings (SSSR count). The molecule has 4 aromatic rings. The Morgan fingerprint density at radius 3 is 2.50 bits per heavy atom. The smallest absolute Gasteiger partial charge is 0.410 e. The Bertz CT molecular complexity index is 1950. The van der Waals surface area contributed by atoms with Gasteiger partial charge in [-0.3, -0.25) is 4.90 Å². The van der Waals surface area contributed by atoms with Crippen LogP contribution in [0.25, 0.3) is 10.8 Å². The van der Waals surface area contributed by atoms with E-state index in [4.69, 9.17) is 19.4 Å². The number of likely N-dealkylation sites (N-methyl/N-ethyl adjacent to an activating group) is 1. The van der Waals surface area contributed by atoms with E-state index in [1.54, 1.807) is 11.0 Å². The number of carbonyl (C=O) groups is 1. The standard InChI is InChI=1S/C40H45FN8O3/c1-45-19-22-48(23-20-45)40(15-16-40)28-52-38-43-34-26-46(35-12-6-10-30-9-5-11-33(41)36(30)35)18-14-32(34)37(44-38)47-21-24-49(31(25-47)13-17-42)39(50)51-27-29-7-3-2-4-8-29/h2-12,31H,13-16,18-28H2,1H3/t31-/m0/s1. The molecule has 0 bridgehead atoms. The van der Waals surface area contributed by atoms with E-state index in [9.17, 15) is 10.1 Å². The normalized spacial score (nSPS) is 20.3. The fourth-order valence-corrected chi connectivity index (χ4v) is 8.01. The molecule has 0 unspecified atom stereocenters. The van der Waals surface area contributed by atoms with Gasteiger partial charge in [-0.1, -0.05) is 54.6 Å². The number of aromatic nitrogens is 2. The molecule has 4 heterocycles. The Morgan fingerprint density at radius 1 is 0.942 bits per heavy atom. The number of fused-ring (bicyclic) bond motifs is 2. The maximum atomic E-state index is 15.2. The molecule has 2 saturated heterocycles. The third-order valence-electron chi connectivity index (χ3n) is 11.2. The third-order valence-corrected chi connectivity index (χ3v) is 11.2. The van der Waals surface area contributed by atoms with Crippen molar-refractivity contribution >= 4 is 28.4 Å². The van der Waals surface area contributed by atoms with Crippen LogP contribution in [0, 0.1) is 17.1 Å². The topological polar surface area (TPSA) is 101 Å². The van der Waals surface area contributed by atoms with Crippen molar-refractivity contribution in [2.24, 2.45) is 0 Å². The molecule has 11 nitrogen and oxygen atoms in total. The molecular formula is C40H45FN8O3. The summed E-state index contributed by atoms with van der Waals surface area (Å²) in [7, 11) is 2.17. The molecular weight excluding hydrogens is 659 g/mol. The second-order valence-corrected chi connectivity index (χ2v) is 14.5. The number of benzene rings is 3. The van der Waals surface area contributed by atoms with Gasteiger partial charge in [0.2, 0.25) is 0 Å². The van der Waals surface area contributed by atoms with Crippen LogP contribution in [0.1, 0.15) is 36.1 Å². The molecule has 12 heteroatoms. The van der Waals surface area contributed by atoms with Crippen LogP contribution in [0.15, 0.2) is 66.7 Å². The van der Waals surface area contributed by atoms with Crippen molar-refractivity contribution in [3.63, 3.8) is 0 Å². The van der Waals surface area contributed by atoms with Crippen LogP contribution in [0.3, 0.4) is 0 Å². The van der Waals surface area contributed by atoms with Crippen LogP contribution in [-0.4, -0.2) is 108 Å². The molecule has 0 spiro atoms. The molecule has 3 fully saturated rings. The van der Waals surface area contributed by atoms with E-state index >= 15 is 4.39 Å². The predicted molar refractivity (Wildman–Crippen MR) is 197 cm³/mol. The Labute approximate surface area is 304 Å². The van der Waals surface area contributed by atoms with Crippen molar-refractivity contribution in [3.05, 3.63) is 89.4 Å². The quantitative estimate of drug-likeness (QED) is 0.230. The molecule has 1 saturated carbocycles. The number of anilines is 2. The lowest BCUT2D eigenvalue weighted by Crippen LogP contribution is -2.56. The summed E-state index contributed by atoms with van der Waals surface area (Å²) in [4.78, 5) is 34.4. The Balaban J connectivity index is 1.06. The largest absolute Gasteiger partial charge is 0.461 e. The van der Waals surface area contributed by atoms with Crippen molar-refractivity contribution in [3.8, 4) is 12.1 Å². The molecule has 52 heavy (non-hydrogen) atoms. The highest BCUT2D eigenvalue weighted by molar-refractivity contribution is 5.95. The second kappa shape index (κ2) is 14.6. The predicted octanol–water partition coefficient (Wildman–Crippen LogP) is 5.23. The highest BCUT2D eigenvalue weighted by atomic mass is 19.1. The van der Waals surface area contributed by atoms with Crippen LogP contribution in [-0.2, 0) is 24.3 Å². The van der Waals surface area contributed by atoms with Crippen LogP contribution in [0.5, 0.6) is 6.01 Å². The minimum absolute atomic E-state index is 0.0107.